The van der Waals surface area contributed by atoms with Crippen molar-refractivity contribution in [2.24, 2.45) is 5.92 Å². The van der Waals surface area contributed by atoms with E-state index in [1.165, 1.54) is 18.7 Å². The van der Waals surface area contributed by atoms with Gasteiger partial charge in [0.15, 0.2) is 0 Å². The minimum Gasteiger partial charge on any atom is -0.323 e. The van der Waals surface area contributed by atoms with Crippen LogP contribution in [0.4, 0.5) is 5.69 Å². The second-order valence-corrected chi connectivity index (χ2v) is 2.98. The van der Waals surface area contributed by atoms with Crippen LogP contribution >= 0.6 is 11.6 Å². The number of nitrogens with zero attached hydrogens (tertiary/aromatic N) is 2. The zero-order valence-electron chi connectivity index (χ0n) is 7.20. The fourth-order valence-electron chi connectivity index (χ4n) is 0.699. The smallest absolute Gasteiger partial charge is 0.228 e. The van der Waals surface area contributed by atoms with Crippen molar-refractivity contribution in [2.45, 2.75) is 6.92 Å². The van der Waals surface area contributed by atoms with Gasteiger partial charge in [0.05, 0.1) is 18.1 Å². The molecule has 1 unspecified atom stereocenters. The Morgan fingerprint density at radius 2 is 2.23 bits per heavy atom. The molecule has 0 bridgehead atoms. The highest BCUT2D eigenvalue weighted by molar-refractivity contribution is 6.19. The van der Waals surface area contributed by atoms with Crippen molar-refractivity contribution in [1.82, 2.24) is 9.97 Å². The minimum atomic E-state index is -0.207. The number of carbonyl (C=O) groups excluding carboxylic acids is 1. The maximum absolute atomic E-state index is 11.3. The summed E-state index contributed by atoms with van der Waals surface area (Å²) >= 11 is 5.52. The maximum Gasteiger partial charge on any atom is 0.228 e. The Bertz CT molecular complexity index is 278. The standard InChI is InChI=1S/C8H10ClN3O/c1-6(2-9)8(13)12-7-3-10-5-11-4-7/h3-6H,2H2,1H3,(H,12,13). The first-order chi connectivity index (χ1) is 6.24. The Morgan fingerprint density at radius 1 is 1.62 bits per heavy atom. The van der Waals surface area contributed by atoms with Gasteiger partial charge in [-0.2, -0.15) is 0 Å². The average Bonchev–Trinajstić information content (AvgIpc) is 2.18. The van der Waals surface area contributed by atoms with Crippen molar-refractivity contribution in [1.29, 1.82) is 0 Å². The number of alkyl halides is 1. The molecule has 1 aromatic heterocycles. The quantitative estimate of drug-likeness (QED) is 0.747. The Hall–Kier alpha value is -1.16. The largest absolute Gasteiger partial charge is 0.323 e. The first-order valence-electron chi connectivity index (χ1n) is 3.86. The highest BCUT2D eigenvalue weighted by atomic mass is 35.5. The molecule has 0 radical (unpaired) electrons. The number of nitrogens with one attached hydrogen (secondary N) is 1. The number of hydrogen-bond acceptors (Lipinski definition) is 3. The van der Waals surface area contributed by atoms with Gasteiger partial charge in [-0.25, -0.2) is 9.97 Å². The van der Waals surface area contributed by atoms with Crippen molar-refractivity contribution in [2.75, 3.05) is 11.2 Å². The van der Waals surface area contributed by atoms with Gasteiger partial charge in [0, 0.05) is 11.8 Å². The van der Waals surface area contributed by atoms with Crippen LogP contribution in [0, 0.1) is 5.92 Å². The number of halogens is 1. The second kappa shape index (κ2) is 4.77. The van der Waals surface area contributed by atoms with Gasteiger partial charge in [-0.1, -0.05) is 6.92 Å². The molecule has 0 saturated heterocycles. The van der Waals surface area contributed by atoms with E-state index in [0.29, 0.717) is 11.6 Å². The molecule has 0 fully saturated rings. The predicted molar refractivity (Wildman–Crippen MR) is 50.5 cm³/mol. The van der Waals surface area contributed by atoms with Gasteiger partial charge in [-0.15, -0.1) is 11.6 Å². The number of amides is 1. The summed E-state index contributed by atoms with van der Waals surface area (Å²) in [6.45, 7) is 1.76. The van der Waals surface area contributed by atoms with Crippen molar-refractivity contribution in [3.63, 3.8) is 0 Å². The summed E-state index contributed by atoms with van der Waals surface area (Å²) in [5.74, 6) is -0.0221. The van der Waals surface area contributed by atoms with E-state index in [1.807, 2.05) is 0 Å². The molecule has 13 heavy (non-hydrogen) atoms. The fourth-order valence-corrected chi connectivity index (χ4v) is 0.839. The SMILES string of the molecule is CC(CCl)C(=O)Nc1cncnc1. The van der Waals surface area contributed by atoms with E-state index in [4.69, 9.17) is 11.6 Å². The Kier molecular flexibility index (Phi) is 3.64. The molecule has 0 aliphatic carbocycles. The number of carbonyl (C=O) groups is 1. The van der Waals surface area contributed by atoms with Crippen LogP contribution in [0.25, 0.3) is 0 Å². The van der Waals surface area contributed by atoms with Crippen LogP contribution in [-0.2, 0) is 4.79 Å². The maximum atomic E-state index is 11.3. The molecule has 0 aromatic carbocycles. The van der Waals surface area contributed by atoms with E-state index in [2.05, 4.69) is 15.3 Å². The highest BCUT2D eigenvalue weighted by Crippen LogP contribution is 2.05. The van der Waals surface area contributed by atoms with Crippen LogP contribution in [0.15, 0.2) is 18.7 Å². The van der Waals surface area contributed by atoms with Crippen LogP contribution in [0.2, 0.25) is 0 Å². The van der Waals surface area contributed by atoms with Crippen molar-refractivity contribution in [3.8, 4) is 0 Å². The zero-order chi connectivity index (χ0) is 9.68. The van der Waals surface area contributed by atoms with Crippen molar-refractivity contribution < 1.29 is 4.79 Å². The summed E-state index contributed by atoms with van der Waals surface area (Å²) in [5.41, 5.74) is 0.587. The number of rotatable bonds is 3. The second-order valence-electron chi connectivity index (χ2n) is 2.67. The van der Waals surface area contributed by atoms with Gasteiger partial charge >= 0.3 is 0 Å². The van der Waals surface area contributed by atoms with Gasteiger partial charge < -0.3 is 5.32 Å². The topological polar surface area (TPSA) is 54.9 Å². The third-order valence-electron chi connectivity index (χ3n) is 1.51. The van der Waals surface area contributed by atoms with Gasteiger partial charge in [0.25, 0.3) is 0 Å². The van der Waals surface area contributed by atoms with E-state index < -0.39 is 0 Å². The zero-order valence-corrected chi connectivity index (χ0v) is 7.95. The summed E-state index contributed by atoms with van der Waals surface area (Å²) in [5, 5.41) is 2.64. The third-order valence-corrected chi connectivity index (χ3v) is 1.97. The lowest BCUT2D eigenvalue weighted by Crippen LogP contribution is -2.21. The van der Waals surface area contributed by atoms with E-state index >= 15 is 0 Å². The molecule has 0 aliphatic heterocycles. The average molecular weight is 200 g/mol. The van der Waals surface area contributed by atoms with Gasteiger partial charge in [0.2, 0.25) is 5.91 Å². The normalized spacial score (nSPS) is 12.2. The number of anilines is 1. The van der Waals surface area contributed by atoms with E-state index in [-0.39, 0.29) is 11.8 Å². The molecule has 1 atom stereocenters. The van der Waals surface area contributed by atoms with E-state index in [0.717, 1.165) is 0 Å². The molecule has 1 N–H and O–H groups in total. The Balaban J connectivity index is 2.55. The summed E-state index contributed by atoms with van der Waals surface area (Å²) in [7, 11) is 0. The van der Waals surface area contributed by atoms with E-state index in [9.17, 15) is 4.79 Å². The number of aromatic nitrogens is 2. The molecule has 1 rings (SSSR count). The first kappa shape index (κ1) is 9.92. The summed E-state index contributed by atoms with van der Waals surface area (Å²) in [4.78, 5) is 18.8. The highest BCUT2D eigenvalue weighted by Gasteiger charge is 2.11. The van der Waals surface area contributed by atoms with Gasteiger partial charge in [0.1, 0.15) is 6.33 Å². The summed E-state index contributed by atoms with van der Waals surface area (Å²) in [6, 6.07) is 0. The molecule has 0 aliphatic rings. The van der Waals surface area contributed by atoms with Gasteiger partial charge in [-0.05, 0) is 0 Å². The lowest BCUT2D eigenvalue weighted by Gasteiger charge is -2.07. The molecule has 1 aromatic rings. The first-order valence-corrected chi connectivity index (χ1v) is 4.39. The molecule has 5 heteroatoms. The lowest BCUT2D eigenvalue weighted by atomic mass is 10.2. The molecule has 0 saturated carbocycles. The Morgan fingerprint density at radius 3 is 2.77 bits per heavy atom. The van der Waals surface area contributed by atoms with Crippen molar-refractivity contribution >= 4 is 23.2 Å². The molecule has 4 nitrogen and oxygen atoms in total. The third kappa shape index (κ3) is 2.99. The molecule has 1 amide bonds. The van der Waals surface area contributed by atoms with Crippen LogP contribution in [-0.4, -0.2) is 21.8 Å². The lowest BCUT2D eigenvalue weighted by molar-refractivity contribution is -0.118. The van der Waals surface area contributed by atoms with Crippen LogP contribution in [0.1, 0.15) is 6.92 Å². The summed E-state index contributed by atoms with van der Waals surface area (Å²) < 4.78 is 0. The fraction of sp³-hybridized carbons (Fsp3) is 0.375. The molecular weight excluding hydrogens is 190 g/mol. The Labute approximate surface area is 81.3 Å². The van der Waals surface area contributed by atoms with E-state index in [1.54, 1.807) is 6.92 Å². The van der Waals surface area contributed by atoms with Crippen LogP contribution < -0.4 is 5.32 Å². The molecule has 0 spiro atoms. The number of hydrogen-bond donors (Lipinski definition) is 1. The summed E-state index contributed by atoms with van der Waals surface area (Å²) in [6.07, 6.45) is 4.47. The van der Waals surface area contributed by atoms with Gasteiger partial charge in [-0.3, -0.25) is 4.79 Å². The molecule has 1 heterocycles. The van der Waals surface area contributed by atoms with Crippen LogP contribution in [0.5, 0.6) is 0 Å². The molecular formula is C8H10ClN3O. The predicted octanol–water partition coefficient (Wildman–Crippen LogP) is 1.29. The minimum absolute atomic E-state index is 0.121. The monoisotopic (exact) mass is 199 g/mol. The van der Waals surface area contributed by atoms with Crippen LogP contribution in [0.3, 0.4) is 0 Å². The van der Waals surface area contributed by atoms with Crippen molar-refractivity contribution in [3.05, 3.63) is 18.7 Å². The molecule has 70 valence electrons.